The molecule has 122 valence electrons. The van der Waals surface area contributed by atoms with Gasteiger partial charge in [0.2, 0.25) is 0 Å². The third-order valence-electron chi connectivity index (χ3n) is 4.44. The Labute approximate surface area is 141 Å². The van der Waals surface area contributed by atoms with E-state index in [0.717, 1.165) is 43.7 Å². The first-order valence-corrected chi connectivity index (χ1v) is 8.33. The molecule has 0 bridgehead atoms. The molecule has 0 amide bonds. The van der Waals surface area contributed by atoms with Crippen molar-refractivity contribution in [3.63, 3.8) is 0 Å². The minimum atomic E-state index is 0.670. The van der Waals surface area contributed by atoms with Gasteiger partial charge in [-0.05, 0) is 18.6 Å². The summed E-state index contributed by atoms with van der Waals surface area (Å²) in [6.07, 6.45) is 7.57. The first kappa shape index (κ1) is 15.0. The van der Waals surface area contributed by atoms with Crippen LogP contribution in [0.25, 0.3) is 11.5 Å². The van der Waals surface area contributed by atoms with Crippen LogP contribution in [0.15, 0.2) is 36.8 Å². The number of aromatic amines is 1. The van der Waals surface area contributed by atoms with Crippen LogP contribution in [0.3, 0.4) is 0 Å². The SMILES string of the molecule is CCc1n[nH]c2c1CN(Cc1cnc(-c3ccccn3)nc1)CC2. The van der Waals surface area contributed by atoms with Gasteiger partial charge in [0.15, 0.2) is 5.82 Å². The molecule has 0 aromatic carbocycles. The summed E-state index contributed by atoms with van der Waals surface area (Å²) < 4.78 is 0. The average molecular weight is 320 g/mol. The summed E-state index contributed by atoms with van der Waals surface area (Å²) >= 11 is 0. The minimum Gasteiger partial charge on any atom is -0.294 e. The number of fused-ring (bicyclic) bond motifs is 1. The molecule has 1 aliphatic heterocycles. The summed E-state index contributed by atoms with van der Waals surface area (Å²) in [5.41, 5.74) is 5.79. The standard InChI is InChI=1S/C18H20N6/c1-2-15-14-12-24(8-6-16(14)23-22-15)11-13-9-20-18(21-10-13)17-5-3-4-7-19-17/h3-5,7,9-10H,2,6,8,11-12H2,1H3,(H,22,23). The second-order valence-electron chi connectivity index (χ2n) is 6.07. The van der Waals surface area contributed by atoms with Gasteiger partial charge in [0.05, 0.1) is 5.69 Å². The highest BCUT2D eigenvalue weighted by Crippen LogP contribution is 2.22. The zero-order chi connectivity index (χ0) is 16.4. The second-order valence-corrected chi connectivity index (χ2v) is 6.07. The molecular weight excluding hydrogens is 300 g/mol. The van der Waals surface area contributed by atoms with E-state index in [1.807, 2.05) is 30.6 Å². The fraction of sp³-hybridized carbons (Fsp3) is 0.333. The van der Waals surface area contributed by atoms with Gasteiger partial charge < -0.3 is 0 Å². The van der Waals surface area contributed by atoms with E-state index in [1.165, 1.54) is 17.0 Å². The van der Waals surface area contributed by atoms with Gasteiger partial charge in [0.1, 0.15) is 5.69 Å². The van der Waals surface area contributed by atoms with Crippen LogP contribution in [0.1, 0.15) is 29.4 Å². The Kier molecular flexibility index (Phi) is 4.04. The monoisotopic (exact) mass is 320 g/mol. The molecule has 0 aliphatic carbocycles. The van der Waals surface area contributed by atoms with Crippen molar-refractivity contribution in [2.75, 3.05) is 6.54 Å². The van der Waals surface area contributed by atoms with E-state index in [9.17, 15) is 0 Å². The minimum absolute atomic E-state index is 0.670. The van der Waals surface area contributed by atoms with Gasteiger partial charge in [0.25, 0.3) is 0 Å². The molecule has 0 fully saturated rings. The summed E-state index contributed by atoms with van der Waals surface area (Å²) in [7, 11) is 0. The lowest BCUT2D eigenvalue weighted by Crippen LogP contribution is -2.30. The number of nitrogens with zero attached hydrogens (tertiary/aromatic N) is 5. The molecule has 6 heteroatoms. The first-order valence-electron chi connectivity index (χ1n) is 8.33. The number of pyridine rings is 1. The molecule has 6 nitrogen and oxygen atoms in total. The Morgan fingerprint density at radius 1 is 1.17 bits per heavy atom. The van der Waals surface area contributed by atoms with Crippen LogP contribution in [0.4, 0.5) is 0 Å². The molecule has 0 atom stereocenters. The maximum absolute atomic E-state index is 4.46. The summed E-state index contributed by atoms with van der Waals surface area (Å²) in [6, 6.07) is 5.76. The first-order chi connectivity index (χ1) is 11.8. The summed E-state index contributed by atoms with van der Waals surface area (Å²) in [5.74, 6) is 0.670. The largest absolute Gasteiger partial charge is 0.294 e. The van der Waals surface area contributed by atoms with Crippen molar-refractivity contribution < 1.29 is 0 Å². The highest BCUT2D eigenvalue weighted by Gasteiger charge is 2.21. The highest BCUT2D eigenvalue weighted by molar-refractivity contribution is 5.47. The smallest absolute Gasteiger partial charge is 0.178 e. The number of hydrogen-bond acceptors (Lipinski definition) is 5. The topological polar surface area (TPSA) is 70.6 Å². The van der Waals surface area contributed by atoms with E-state index >= 15 is 0 Å². The molecule has 0 saturated carbocycles. The van der Waals surface area contributed by atoms with E-state index < -0.39 is 0 Å². The number of nitrogens with one attached hydrogen (secondary N) is 1. The molecular formula is C18H20N6. The van der Waals surface area contributed by atoms with E-state index in [0.29, 0.717) is 5.82 Å². The van der Waals surface area contributed by atoms with Crippen LogP contribution in [0.5, 0.6) is 0 Å². The third kappa shape index (κ3) is 2.92. The molecule has 4 heterocycles. The van der Waals surface area contributed by atoms with Crippen molar-refractivity contribution in [3.05, 3.63) is 59.3 Å². The molecule has 1 aliphatic rings. The Hall–Kier alpha value is -2.60. The molecule has 3 aromatic heterocycles. The Morgan fingerprint density at radius 3 is 2.79 bits per heavy atom. The third-order valence-corrected chi connectivity index (χ3v) is 4.44. The second kappa shape index (κ2) is 6.49. The maximum atomic E-state index is 4.46. The van der Waals surface area contributed by atoms with Gasteiger partial charge >= 0.3 is 0 Å². The molecule has 0 spiro atoms. The number of hydrogen-bond donors (Lipinski definition) is 1. The molecule has 24 heavy (non-hydrogen) atoms. The molecule has 4 rings (SSSR count). The molecule has 0 unspecified atom stereocenters. The lowest BCUT2D eigenvalue weighted by molar-refractivity contribution is 0.243. The van der Waals surface area contributed by atoms with Crippen molar-refractivity contribution in [3.8, 4) is 11.5 Å². The van der Waals surface area contributed by atoms with Gasteiger partial charge in [-0.25, -0.2) is 9.97 Å². The summed E-state index contributed by atoms with van der Waals surface area (Å²) in [4.78, 5) is 15.6. The maximum Gasteiger partial charge on any atom is 0.178 e. The van der Waals surface area contributed by atoms with E-state index in [-0.39, 0.29) is 0 Å². The zero-order valence-electron chi connectivity index (χ0n) is 13.7. The van der Waals surface area contributed by atoms with Gasteiger partial charge in [-0.3, -0.25) is 15.0 Å². The van der Waals surface area contributed by atoms with Gasteiger partial charge in [-0.2, -0.15) is 5.10 Å². The van der Waals surface area contributed by atoms with Gasteiger partial charge in [-0.1, -0.05) is 13.0 Å². The van der Waals surface area contributed by atoms with Crippen molar-refractivity contribution in [2.24, 2.45) is 0 Å². The number of rotatable bonds is 4. The number of aryl methyl sites for hydroxylation is 1. The Balaban J connectivity index is 1.46. The fourth-order valence-electron chi connectivity index (χ4n) is 3.16. The predicted molar refractivity (Wildman–Crippen MR) is 91.0 cm³/mol. The summed E-state index contributed by atoms with van der Waals surface area (Å²) in [5, 5.41) is 7.60. The quantitative estimate of drug-likeness (QED) is 0.799. The van der Waals surface area contributed by atoms with E-state index in [4.69, 9.17) is 0 Å². The lowest BCUT2D eigenvalue weighted by Gasteiger charge is -2.26. The van der Waals surface area contributed by atoms with Gasteiger partial charge in [-0.15, -0.1) is 0 Å². The van der Waals surface area contributed by atoms with Crippen molar-refractivity contribution >= 4 is 0 Å². The van der Waals surface area contributed by atoms with Crippen LogP contribution in [0.2, 0.25) is 0 Å². The highest BCUT2D eigenvalue weighted by atomic mass is 15.2. The zero-order valence-corrected chi connectivity index (χ0v) is 13.7. The van der Waals surface area contributed by atoms with Crippen molar-refractivity contribution in [2.45, 2.75) is 32.9 Å². The average Bonchev–Trinajstić information content (AvgIpc) is 3.05. The Bertz CT molecular complexity index is 796. The Morgan fingerprint density at radius 2 is 2.04 bits per heavy atom. The predicted octanol–water partition coefficient (Wildman–Crippen LogP) is 2.38. The van der Waals surface area contributed by atoms with Crippen LogP contribution in [-0.2, 0) is 25.9 Å². The normalized spacial score (nSPS) is 14.5. The fourth-order valence-corrected chi connectivity index (χ4v) is 3.16. The van der Waals surface area contributed by atoms with Crippen LogP contribution < -0.4 is 0 Å². The molecule has 0 radical (unpaired) electrons. The summed E-state index contributed by atoms with van der Waals surface area (Å²) in [6.45, 7) is 4.98. The van der Waals surface area contributed by atoms with Crippen LogP contribution in [0, 0.1) is 0 Å². The van der Waals surface area contributed by atoms with Crippen LogP contribution in [-0.4, -0.2) is 36.6 Å². The molecule has 1 N–H and O–H groups in total. The van der Waals surface area contributed by atoms with E-state index in [2.05, 4.69) is 37.0 Å². The number of H-pyrrole nitrogens is 1. The molecule has 3 aromatic rings. The number of aromatic nitrogens is 5. The van der Waals surface area contributed by atoms with Crippen molar-refractivity contribution in [1.29, 1.82) is 0 Å². The van der Waals surface area contributed by atoms with Gasteiger partial charge in [0, 0.05) is 61.5 Å². The van der Waals surface area contributed by atoms with Crippen molar-refractivity contribution in [1.82, 2.24) is 30.0 Å². The molecule has 0 saturated heterocycles. The lowest BCUT2D eigenvalue weighted by atomic mass is 10.0. The van der Waals surface area contributed by atoms with Crippen LogP contribution >= 0.6 is 0 Å². The van der Waals surface area contributed by atoms with E-state index in [1.54, 1.807) is 6.20 Å².